The molecule has 0 saturated carbocycles. The number of hydrogen-bond acceptors (Lipinski definition) is 4. The van der Waals surface area contributed by atoms with Crippen molar-refractivity contribution in [2.24, 2.45) is 11.1 Å². The minimum absolute atomic E-state index is 0.0711. The van der Waals surface area contributed by atoms with Gasteiger partial charge >= 0.3 is 0 Å². The molecule has 1 saturated heterocycles. The van der Waals surface area contributed by atoms with Gasteiger partial charge in [0, 0.05) is 33.5 Å². The summed E-state index contributed by atoms with van der Waals surface area (Å²) >= 11 is 12.7. The van der Waals surface area contributed by atoms with Crippen molar-refractivity contribution in [3.05, 3.63) is 75.3 Å². The third-order valence-corrected chi connectivity index (χ3v) is 8.52. The van der Waals surface area contributed by atoms with Crippen LogP contribution in [0.25, 0.3) is 0 Å². The Labute approximate surface area is 233 Å². The summed E-state index contributed by atoms with van der Waals surface area (Å²) in [5, 5.41) is 14.2. The number of rotatable bonds is 7. The van der Waals surface area contributed by atoms with Crippen LogP contribution in [0.2, 0.25) is 10.0 Å². The molecule has 4 rings (SSSR count). The van der Waals surface area contributed by atoms with Crippen molar-refractivity contribution >= 4 is 46.6 Å². The lowest BCUT2D eigenvalue weighted by Gasteiger charge is -2.55. The predicted octanol–water partition coefficient (Wildman–Crippen LogP) is 4.80. The zero-order chi connectivity index (χ0) is 28.0. The zero-order valence-corrected chi connectivity index (χ0v) is 23.4. The van der Waals surface area contributed by atoms with E-state index in [1.54, 1.807) is 44.2 Å². The van der Waals surface area contributed by atoms with Crippen molar-refractivity contribution in [2.75, 3.05) is 11.9 Å². The quantitative estimate of drug-likeness (QED) is 0.424. The van der Waals surface area contributed by atoms with Gasteiger partial charge in [-0.05, 0) is 48.7 Å². The second-order valence-corrected chi connectivity index (χ2v) is 11.6. The molecule has 2 heterocycles. The fourth-order valence-electron chi connectivity index (χ4n) is 6.35. The number of carbonyl (C=O) groups excluding carboxylic acids is 3. The lowest BCUT2D eigenvalue weighted by Crippen LogP contribution is -2.70. The topological polar surface area (TPSA) is 113 Å². The normalized spacial score (nSPS) is 24.4. The summed E-state index contributed by atoms with van der Waals surface area (Å²) in [5.41, 5.74) is 6.30. The van der Waals surface area contributed by atoms with Crippen LogP contribution in [0.3, 0.4) is 0 Å². The molecule has 3 amide bonds. The molecule has 1 spiro atoms. The number of amides is 3. The Morgan fingerprint density at radius 3 is 2.50 bits per heavy atom. The number of fused-ring (bicyclic) bond motifs is 2. The van der Waals surface area contributed by atoms with Gasteiger partial charge < -0.3 is 21.1 Å². The van der Waals surface area contributed by atoms with E-state index in [9.17, 15) is 19.5 Å². The predicted molar refractivity (Wildman–Crippen MR) is 149 cm³/mol. The van der Waals surface area contributed by atoms with E-state index in [0.29, 0.717) is 27.7 Å². The van der Waals surface area contributed by atoms with Crippen molar-refractivity contribution in [1.82, 2.24) is 4.90 Å². The summed E-state index contributed by atoms with van der Waals surface area (Å²) in [7, 11) is 0. The first kappa shape index (κ1) is 28.1. The Hall–Kier alpha value is -2.87. The second-order valence-electron chi connectivity index (χ2n) is 10.7. The summed E-state index contributed by atoms with van der Waals surface area (Å²) in [6, 6.07) is 10.4. The molecular formula is C29H33Cl2N3O4. The van der Waals surface area contributed by atoms with Gasteiger partial charge in [0.1, 0.15) is 11.5 Å². The number of aliphatic hydroxyl groups excluding tert-OH is 1. The molecule has 38 heavy (non-hydrogen) atoms. The minimum atomic E-state index is -1.32. The average molecular weight is 559 g/mol. The zero-order valence-electron chi connectivity index (χ0n) is 21.9. The van der Waals surface area contributed by atoms with E-state index < -0.39 is 41.3 Å². The molecule has 0 aliphatic carbocycles. The first-order chi connectivity index (χ1) is 17.9. The summed E-state index contributed by atoms with van der Waals surface area (Å²) in [4.78, 5) is 43.0. The van der Waals surface area contributed by atoms with E-state index in [-0.39, 0.29) is 18.2 Å². The van der Waals surface area contributed by atoms with Crippen LogP contribution in [0, 0.1) is 5.41 Å². The number of benzene rings is 2. The fourth-order valence-corrected chi connectivity index (χ4v) is 6.72. The van der Waals surface area contributed by atoms with Crippen LogP contribution in [0.15, 0.2) is 54.1 Å². The number of nitrogens with zero attached hydrogens (tertiary/aromatic N) is 1. The third kappa shape index (κ3) is 4.31. The molecule has 0 aromatic heterocycles. The van der Waals surface area contributed by atoms with Crippen molar-refractivity contribution in [3.63, 3.8) is 0 Å². The highest BCUT2D eigenvalue weighted by Gasteiger charge is 2.65. The van der Waals surface area contributed by atoms with Gasteiger partial charge in [0.15, 0.2) is 0 Å². The summed E-state index contributed by atoms with van der Waals surface area (Å²) in [5.74, 6) is -2.00. The third-order valence-electron chi connectivity index (χ3n) is 8.05. The number of anilines is 1. The van der Waals surface area contributed by atoms with Crippen LogP contribution in [0.5, 0.6) is 0 Å². The van der Waals surface area contributed by atoms with Crippen molar-refractivity contribution < 1.29 is 19.5 Å². The number of allylic oxidation sites excluding steroid dienone is 1. The molecule has 2 aliphatic rings. The van der Waals surface area contributed by atoms with Gasteiger partial charge in [0.05, 0.1) is 12.6 Å². The molecule has 2 aromatic rings. The maximum atomic E-state index is 14.4. The van der Waals surface area contributed by atoms with Crippen molar-refractivity contribution in [1.29, 1.82) is 0 Å². The minimum Gasteiger partial charge on any atom is -0.396 e. The van der Waals surface area contributed by atoms with Gasteiger partial charge in [-0.25, -0.2) is 0 Å². The molecule has 2 aromatic carbocycles. The molecule has 2 aliphatic heterocycles. The first-order valence-electron chi connectivity index (χ1n) is 12.7. The lowest BCUT2D eigenvalue weighted by atomic mass is 9.57. The number of hydrogen-bond donors (Lipinski definition) is 3. The van der Waals surface area contributed by atoms with Crippen LogP contribution in [-0.2, 0) is 19.8 Å². The molecule has 4 N–H and O–H groups in total. The smallest absolute Gasteiger partial charge is 0.240 e. The molecule has 1 fully saturated rings. The summed E-state index contributed by atoms with van der Waals surface area (Å²) in [6.07, 6.45) is 2.33. The summed E-state index contributed by atoms with van der Waals surface area (Å²) in [6.45, 7) is 6.78. The lowest BCUT2D eigenvalue weighted by molar-refractivity contribution is -0.157. The van der Waals surface area contributed by atoms with Gasteiger partial charge in [-0.3, -0.25) is 14.4 Å². The van der Waals surface area contributed by atoms with Gasteiger partial charge in [0.25, 0.3) is 0 Å². The highest BCUT2D eigenvalue weighted by Crippen LogP contribution is 2.58. The van der Waals surface area contributed by atoms with E-state index in [2.05, 4.69) is 5.32 Å². The van der Waals surface area contributed by atoms with Crippen molar-refractivity contribution in [2.45, 2.75) is 64.0 Å². The van der Waals surface area contributed by atoms with Crippen LogP contribution >= 0.6 is 23.2 Å². The fraction of sp³-hybridized carbons (Fsp3) is 0.414. The Morgan fingerprint density at radius 1 is 1.24 bits per heavy atom. The Kier molecular flexibility index (Phi) is 7.67. The van der Waals surface area contributed by atoms with E-state index in [4.69, 9.17) is 28.9 Å². The van der Waals surface area contributed by atoms with Gasteiger partial charge in [0.2, 0.25) is 17.7 Å². The molecule has 0 bridgehead atoms. The van der Waals surface area contributed by atoms with Gasteiger partial charge in [-0.2, -0.15) is 0 Å². The first-order valence-corrected chi connectivity index (χ1v) is 13.4. The SMILES string of the molecule is C/C=C(/CC)C1N(C(C(N)=O)C(C)(C)CO)C(=O)C[C@@H](c2cccc(Cl)c2)C12C(=O)Nc1cc(Cl)ccc12. The maximum Gasteiger partial charge on any atom is 0.240 e. The Morgan fingerprint density at radius 2 is 1.92 bits per heavy atom. The van der Waals surface area contributed by atoms with Gasteiger partial charge in [-0.1, -0.05) is 73.8 Å². The monoisotopic (exact) mass is 557 g/mol. The molecule has 7 nitrogen and oxygen atoms in total. The van der Waals surface area contributed by atoms with E-state index in [1.807, 2.05) is 32.1 Å². The van der Waals surface area contributed by atoms with E-state index in [0.717, 1.165) is 11.1 Å². The number of nitrogens with two attached hydrogens (primary N) is 1. The van der Waals surface area contributed by atoms with E-state index in [1.165, 1.54) is 4.90 Å². The van der Waals surface area contributed by atoms with Crippen molar-refractivity contribution in [3.8, 4) is 0 Å². The number of carbonyl (C=O) groups is 3. The number of halogens is 2. The Balaban J connectivity index is 2.13. The molecule has 202 valence electrons. The van der Waals surface area contributed by atoms with Crippen LogP contribution in [0.1, 0.15) is 57.6 Å². The molecule has 4 atom stereocenters. The highest BCUT2D eigenvalue weighted by molar-refractivity contribution is 6.31. The average Bonchev–Trinajstić information content (AvgIpc) is 3.13. The number of likely N-dealkylation sites (tertiary alicyclic amines) is 1. The van der Waals surface area contributed by atoms with E-state index >= 15 is 0 Å². The number of piperidine rings is 1. The summed E-state index contributed by atoms with van der Waals surface area (Å²) < 4.78 is 0. The molecule has 3 unspecified atom stereocenters. The largest absolute Gasteiger partial charge is 0.396 e. The standard InChI is InChI=1S/C29H33Cl2N3O4/c1-5-16(6-2)24-29(20-11-10-19(31)13-22(20)33-27(29)38)21(17-8-7-9-18(30)12-17)14-23(36)34(24)25(26(32)37)28(3,4)15-35/h5,7-13,21,24-25,35H,6,14-15H2,1-4H3,(H2,32,37)(H,33,38)/b16-5-/t21-,24?,25?,29?/m0/s1. The number of nitrogens with one attached hydrogen (secondary N) is 1. The molecule has 0 radical (unpaired) electrons. The van der Waals surface area contributed by atoms with Crippen LogP contribution in [0.4, 0.5) is 5.69 Å². The highest BCUT2D eigenvalue weighted by atomic mass is 35.5. The maximum absolute atomic E-state index is 14.4. The Bertz CT molecular complexity index is 1320. The van der Waals surface area contributed by atoms with Crippen LogP contribution < -0.4 is 11.1 Å². The number of aliphatic hydroxyl groups is 1. The second kappa shape index (κ2) is 10.4. The molecular weight excluding hydrogens is 525 g/mol. The molecule has 9 heteroatoms. The number of primary amides is 1. The van der Waals surface area contributed by atoms with Crippen LogP contribution in [-0.4, -0.2) is 46.4 Å². The van der Waals surface area contributed by atoms with Gasteiger partial charge in [-0.15, -0.1) is 0 Å².